The van der Waals surface area contributed by atoms with E-state index in [9.17, 15) is 0 Å². The molecular weight excluding hydrogens is 158 g/mol. The topological polar surface area (TPSA) is 46.1 Å². The number of hydrogen-bond donors (Lipinski definition) is 1. The number of rotatable bonds is 1. The van der Waals surface area contributed by atoms with Gasteiger partial charge >= 0.3 is 0 Å². The van der Waals surface area contributed by atoms with Crippen molar-refractivity contribution in [3.63, 3.8) is 0 Å². The Kier molecular flexibility index (Phi) is 2.14. The maximum absolute atomic E-state index is 5.01. The molecule has 2 heterocycles. The molecule has 0 amide bonds. The van der Waals surface area contributed by atoms with E-state index in [0.717, 1.165) is 19.0 Å². The normalized spacial score (nSPS) is 28.9. The van der Waals surface area contributed by atoms with Gasteiger partial charge in [-0.25, -0.2) is 10.3 Å². The maximum Gasteiger partial charge on any atom is 0.283 e. The maximum atomic E-state index is 5.01. The van der Waals surface area contributed by atoms with Gasteiger partial charge < -0.3 is 9.64 Å². The quantitative estimate of drug-likeness (QED) is 0.598. The van der Waals surface area contributed by atoms with Crippen molar-refractivity contribution in [2.24, 2.45) is 4.99 Å². The molecule has 1 saturated heterocycles. The minimum atomic E-state index is -0.472. The predicted molar refractivity (Wildman–Crippen MR) is 43.3 cm³/mol. The zero-order chi connectivity index (χ0) is 8.39. The largest absolute Gasteiger partial charge is 0.341 e. The molecule has 0 aromatic carbocycles. The van der Waals surface area contributed by atoms with E-state index in [1.54, 1.807) is 7.11 Å². The molecule has 1 fully saturated rings. The number of ether oxygens (including phenoxy) is 1. The fourth-order valence-corrected chi connectivity index (χ4v) is 1.43. The molecule has 0 aromatic heterocycles. The minimum Gasteiger partial charge on any atom is -0.341 e. The van der Waals surface area contributed by atoms with Crippen LogP contribution in [0, 0.1) is 0 Å². The van der Waals surface area contributed by atoms with Gasteiger partial charge in [-0.1, -0.05) is 0 Å². The molecule has 68 valence electrons. The molecule has 2 rings (SSSR count). The lowest BCUT2D eigenvalue weighted by Crippen LogP contribution is -2.35. The van der Waals surface area contributed by atoms with E-state index in [-0.39, 0.29) is 0 Å². The van der Waals surface area contributed by atoms with Crippen LogP contribution in [0.15, 0.2) is 4.99 Å². The van der Waals surface area contributed by atoms with E-state index in [4.69, 9.17) is 9.57 Å². The standard InChI is InChI=1S/C7H13N3O2/c1-11-7-8-6(9-12-7)10-4-2-3-5-10/h7H,2-5H2,1H3,(H,8,9). The van der Waals surface area contributed by atoms with Gasteiger partial charge in [0.25, 0.3) is 6.41 Å². The number of hydroxylamine groups is 1. The van der Waals surface area contributed by atoms with Crippen molar-refractivity contribution < 1.29 is 9.57 Å². The van der Waals surface area contributed by atoms with Gasteiger partial charge in [0, 0.05) is 20.2 Å². The zero-order valence-corrected chi connectivity index (χ0v) is 7.12. The van der Waals surface area contributed by atoms with Crippen LogP contribution in [0.2, 0.25) is 0 Å². The summed E-state index contributed by atoms with van der Waals surface area (Å²) >= 11 is 0. The van der Waals surface area contributed by atoms with Gasteiger partial charge in [-0.2, -0.15) is 4.99 Å². The molecule has 0 aliphatic carbocycles. The number of aliphatic imine (C=N–C) groups is 1. The molecule has 2 aliphatic rings. The van der Waals surface area contributed by atoms with Crippen molar-refractivity contribution in [1.82, 2.24) is 10.4 Å². The number of nitrogens with one attached hydrogen (secondary N) is 1. The number of nitrogens with zero attached hydrogens (tertiary/aromatic N) is 2. The molecule has 1 unspecified atom stereocenters. The lowest BCUT2D eigenvalue weighted by molar-refractivity contribution is -0.126. The molecule has 0 bridgehead atoms. The molecule has 12 heavy (non-hydrogen) atoms. The van der Waals surface area contributed by atoms with Gasteiger partial charge in [0.1, 0.15) is 0 Å². The summed E-state index contributed by atoms with van der Waals surface area (Å²) < 4.78 is 4.90. The molecule has 0 radical (unpaired) electrons. The average molecular weight is 171 g/mol. The van der Waals surface area contributed by atoms with E-state index < -0.39 is 6.41 Å². The third-order valence-corrected chi connectivity index (χ3v) is 2.09. The summed E-state index contributed by atoms with van der Waals surface area (Å²) in [7, 11) is 1.57. The molecule has 2 aliphatic heterocycles. The Balaban J connectivity index is 1.95. The first-order chi connectivity index (χ1) is 5.90. The minimum absolute atomic E-state index is 0.472. The first kappa shape index (κ1) is 7.82. The van der Waals surface area contributed by atoms with Crippen LogP contribution in [0.3, 0.4) is 0 Å². The molecule has 1 N–H and O–H groups in total. The van der Waals surface area contributed by atoms with Gasteiger partial charge in [0.05, 0.1) is 0 Å². The number of hydrogen-bond acceptors (Lipinski definition) is 5. The first-order valence-corrected chi connectivity index (χ1v) is 4.17. The molecule has 0 aromatic rings. The van der Waals surface area contributed by atoms with Crippen molar-refractivity contribution in [2.75, 3.05) is 20.2 Å². The second-order valence-electron chi connectivity index (χ2n) is 2.91. The Bertz CT molecular complexity index is 189. The van der Waals surface area contributed by atoms with Gasteiger partial charge in [-0.05, 0) is 12.8 Å². The van der Waals surface area contributed by atoms with Crippen LogP contribution in [0.5, 0.6) is 0 Å². The first-order valence-electron chi connectivity index (χ1n) is 4.17. The van der Waals surface area contributed by atoms with E-state index >= 15 is 0 Å². The highest BCUT2D eigenvalue weighted by Crippen LogP contribution is 2.11. The third-order valence-electron chi connectivity index (χ3n) is 2.09. The van der Waals surface area contributed by atoms with Crippen LogP contribution >= 0.6 is 0 Å². The Morgan fingerprint density at radius 1 is 1.58 bits per heavy atom. The van der Waals surface area contributed by atoms with Crippen molar-refractivity contribution in [3.05, 3.63) is 0 Å². The summed E-state index contributed by atoms with van der Waals surface area (Å²) in [5, 5.41) is 0. The Labute approximate surface area is 71.3 Å². The van der Waals surface area contributed by atoms with E-state index in [2.05, 4.69) is 15.4 Å². The van der Waals surface area contributed by atoms with Crippen molar-refractivity contribution in [2.45, 2.75) is 19.3 Å². The number of methoxy groups -OCH3 is 1. The second-order valence-corrected chi connectivity index (χ2v) is 2.91. The van der Waals surface area contributed by atoms with E-state index in [1.165, 1.54) is 12.8 Å². The van der Waals surface area contributed by atoms with Crippen molar-refractivity contribution in [3.8, 4) is 0 Å². The highest BCUT2D eigenvalue weighted by Gasteiger charge is 2.23. The third kappa shape index (κ3) is 1.37. The van der Waals surface area contributed by atoms with Gasteiger partial charge in [0.2, 0.25) is 5.96 Å². The summed E-state index contributed by atoms with van der Waals surface area (Å²) in [5.74, 6) is 0.805. The van der Waals surface area contributed by atoms with Crippen molar-refractivity contribution >= 4 is 5.96 Å². The van der Waals surface area contributed by atoms with Gasteiger partial charge in [-0.15, -0.1) is 0 Å². The lowest BCUT2D eigenvalue weighted by Gasteiger charge is -2.14. The Morgan fingerprint density at radius 3 is 2.92 bits per heavy atom. The summed E-state index contributed by atoms with van der Waals surface area (Å²) in [6.45, 7) is 2.12. The van der Waals surface area contributed by atoms with Gasteiger partial charge in [0.15, 0.2) is 0 Å². The lowest BCUT2D eigenvalue weighted by atomic mass is 10.4. The summed E-state index contributed by atoms with van der Waals surface area (Å²) in [6.07, 6.45) is 2.00. The highest BCUT2D eigenvalue weighted by atomic mass is 16.8. The summed E-state index contributed by atoms with van der Waals surface area (Å²) in [6, 6.07) is 0. The average Bonchev–Trinajstić information content (AvgIpc) is 2.75. The Hall–Kier alpha value is -0.810. The number of likely N-dealkylation sites (tertiary alicyclic amines) is 1. The Morgan fingerprint density at radius 2 is 2.33 bits per heavy atom. The molecular formula is C7H13N3O2. The molecule has 1 atom stereocenters. The van der Waals surface area contributed by atoms with Crippen LogP contribution in [-0.2, 0) is 9.57 Å². The van der Waals surface area contributed by atoms with Crippen LogP contribution in [0.1, 0.15) is 12.8 Å². The van der Waals surface area contributed by atoms with Crippen LogP contribution in [0.25, 0.3) is 0 Å². The SMILES string of the molecule is COC1N=C(N2CCCC2)NO1. The molecule has 5 heteroatoms. The van der Waals surface area contributed by atoms with Crippen molar-refractivity contribution in [1.29, 1.82) is 0 Å². The zero-order valence-electron chi connectivity index (χ0n) is 7.12. The summed E-state index contributed by atoms with van der Waals surface area (Å²) in [5.41, 5.74) is 2.75. The highest BCUT2D eigenvalue weighted by molar-refractivity contribution is 5.80. The van der Waals surface area contributed by atoms with Crippen LogP contribution in [-0.4, -0.2) is 37.5 Å². The summed E-state index contributed by atoms with van der Waals surface area (Å²) in [4.78, 5) is 11.4. The van der Waals surface area contributed by atoms with E-state index in [0.29, 0.717) is 0 Å². The number of guanidine groups is 1. The monoisotopic (exact) mass is 171 g/mol. The molecule has 0 saturated carbocycles. The van der Waals surface area contributed by atoms with Crippen LogP contribution in [0.4, 0.5) is 0 Å². The fraction of sp³-hybridized carbons (Fsp3) is 0.857. The second kappa shape index (κ2) is 3.28. The molecule has 0 spiro atoms. The smallest absolute Gasteiger partial charge is 0.283 e. The van der Waals surface area contributed by atoms with Gasteiger partial charge in [-0.3, -0.25) is 0 Å². The fourth-order valence-electron chi connectivity index (χ4n) is 1.43. The van der Waals surface area contributed by atoms with Crippen LogP contribution < -0.4 is 5.48 Å². The predicted octanol–water partition coefficient (Wildman–Crippen LogP) is -0.0970. The van der Waals surface area contributed by atoms with E-state index in [1.807, 2.05) is 0 Å². The molecule has 5 nitrogen and oxygen atoms in total.